The Labute approximate surface area is 235 Å². The van der Waals surface area contributed by atoms with Crippen LogP contribution in [0.15, 0.2) is 54.6 Å². The van der Waals surface area contributed by atoms with Crippen LogP contribution in [0, 0.1) is 5.82 Å². The summed E-state index contributed by atoms with van der Waals surface area (Å²) in [6, 6.07) is 16.4. The molecule has 1 atom stereocenters. The molecule has 40 heavy (non-hydrogen) atoms. The number of hydrogen-bond donors (Lipinski definition) is 1. The van der Waals surface area contributed by atoms with Gasteiger partial charge >= 0.3 is 7.48 Å². The lowest BCUT2D eigenvalue weighted by molar-refractivity contribution is -0.0893. The van der Waals surface area contributed by atoms with Crippen molar-refractivity contribution in [3.8, 4) is 11.3 Å². The van der Waals surface area contributed by atoms with E-state index < -0.39 is 17.0 Å². The van der Waals surface area contributed by atoms with Gasteiger partial charge in [-0.2, -0.15) is 5.10 Å². The Morgan fingerprint density at radius 3 is 2.60 bits per heavy atom. The third-order valence-corrected chi connectivity index (χ3v) is 8.17. The fourth-order valence-corrected chi connectivity index (χ4v) is 4.90. The summed E-state index contributed by atoms with van der Waals surface area (Å²) in [5.74, 6) is -0.584. The molecule has 0 fully saturated rings. The van der Waals surface area contributed by atoms with E-state index in [9.17, 15) is 9.90 Å². The van der Waals surface area contributed by atoms with Crippen LogP contribution in [-0.2, 0) is 17.5 Å². The van der Waals surface area contributed by atoms with Crippen LogP contribution in [0.2, 0.25) is 0 Å². The Morgan fingerprint density at radius 2 is 1.90 bits per heavy atom. The molecule has 1 unspecified atom stereocenters. The number of nitrogens with zero attached hydrogens (tertiary/aromatic N) is 4. The van der Waals surface area contributed by atoms with Crippen molar-refractivity contribution in [2.45, 2.75) is 71.6 Å². The first-order valence-corrected chi connectivity index (χ1v) is 13.7. The first kappa shape index (κ1) is 28.0. The summed E-state index contributed by atoms with van der Waals surface area (Å²) < 4.78 is 22.7. The summed E-state index contributed by atoms with van der Waals surface area (Å²) >= 11 is 0. The summed E-state index contributed by atoms with van der Waals surface area (Å²) in [7, 11) is 1.45. The molecule has 2 aromatic heterocycles. The molecular weight excluding hydrogens is 506 g/mol. The summed E-state index contributed by atoms with van der Waals surface area (Å²) in [4.78, 5) is 20.2. The van der Waals surface area contributed by atoms with Gasteiger partial charge in [0.25, 0.3) is 5.91 Å². The highest BCUT2D eigenvalue weighted by Crippen LogP contribution is 2.31. The number of fused-ring (bicyclic) bond motifs is 2. The lowest BCUT2D eigenvalue weighted by Gasteiger charge is -2.37. The van der Waals surface area contributed by atoms with Crippen molar-refractivity contribution < 1.29 is 18.9 Å². The maximum absolute atomic E-state index is 15.3. The van der Waals surface area contributed by atoms with Gasteiger partial charge in [0.15, 0.2) is 5.65 Å². The van der Waals surface area contributed by atoms with Gasteiger partial charge in [0.1, 0.15) is 11.5 Å². The molecule has 0 bridgehead atoms. The number of carbonyl (C=O) groups is 1. The molecule has 4 aromatic rings. The number of halogens is 1. The molecule has 3 heterocycles. The minimum atomic E-state index is -1.08. The topological polar surface area (TPSA) is 80.0 Å². The average molecular weight is 541 g/mol. The molecule has 9 heteroatoms. The predicted molar refractivity (Wildman–Crippen MR) is 154 cm³/mol. The number of aryl methyl sites for hydroxylation is 1. The van der Waals surface area contributed by atoms with Gasteiger partial charge < -0.3 is 14.7 Å². The first-order chi connectivity index (χ1) is 18.9. The minimum absolute atomic E-state index is 0.0524. The molecule has 1 N–H and O–H groups in total. The molecule has 207 valence electrons. The molecule has 2 aromatic carbocycles. The van der Waals surface area contributed by atoms with Gasteiger partial charge in [-0.25, -0.2) is 13.9 Å². The second kappa shape index (κ2) is 10.4. The molecule has 1 amide bonds. The van der Waals surface area contributed by atoms with Gasteiger partial charge in [-0.1, -0.05) is 48.8 Å². The quantitative estimate of drug-likeness (QED) is 0.344. The number of amides is 1. The number of carbonyl (C=O) groups excluding carboxylic acids is 1. The van der Waals surface area contributed by atoms with Gasteiger partial charge in [-0.3, -0.25) is 4.79 Å². The number of benzene rings is 2. The van der Waals surface area contributed by atoms with E-state index in [-0.39, 0.29) is 11.9 Å². The Balaban J connectivity index is 1.42. The van der Waals surface area contributed by atoms with E-state index in [0.29, 0.717) is 41.0 Å². The number of aliphatic hydroxyl groups is 1. The van der Waals surface area contributed by atoms with Crippen LogP contribution >= 0.6 is 0 Å². The van der Waals surface area contributed by atoms with Crippen molar-refractivity contribution in [3.05, 3.63) is 82.9 Å². The molecular formula is C31H35BFN4O3. The summed E-state index contributed by atoms with van der Waals surface area (Å²) in [6.07, 6.45) is 1.43. The lowest BCUT2D eigenvalue weighted by Crippen LogP contribution is -2.49. The fourth-order valence-electron chi connectivity index (χ4n) is 4.90. The van der Waals surface area contributed by atoms with Crippen LogP contribution in [0.5, 0.6) is 0 Å². The van der Waals surface area contributed by atoms with Crippen molar-refractivity contribution in [2.24, 2.45) is 0 Å². The van der Waals surface area contributed by atoms with Crippen molar-refractivity contribution in [1.29, 1.82) is 0 Å². The van der Waals surface area contributed by atoms with E-state index in [1.165, 1.54) is 19.1 Å². The molecule has 1 radical (unpaired) electrons. The third-order valence-electron chi connectivity index (χ3n) is 8.17. The monoisotopic (exact) mass is 541 g/mol. The molecule has 0 spiro atoms. The highest BCUT2D eigenvalue weighted by atomic mass is 19.1. The van der Waals surface area contributed by atoms with Crippen LogP contribution in [-0.4, -0.2) is 55.7 Å². The molecule has 1 aliphatic heterocycles. The van der Waals surface area contributed by atoms with E-state index in [0.717, 1.165) is 17.7 Å². The van der Waals surface area contributed by atoms with Crippen molar-refractivity contribution in [2.75, 3.05) is 6.54 Å². The standard InChI is InChI=1S/C31H35BFN4O3/c1-7-22-17-27(29(38)36-15-14-20-10-8-9-11-23(20)19(36)2)34-28-18-26(35-37(22)28)24-13-12-21(16-25(24)33)32-40-31(5,6)30(3,4)39/h8-13,16-19,39H,7,14-15H2,1-6H3. The maximum atomic E-state index is 15.3. The zero-order valence-electron chi connectivity index (χ0n) is 23.9. The van der Waals surface area contributed by atoms with Crippen LogP contribution in [0.25, 0.3) is 16.9 Å². The normalized spacial score (nSPS) is 15.8. The van der Waals surface area contributed by atoms with E-state index in [2.05, 4.69) is 22.2 Å². The smallest absolute Gasteiger partial charge is 0.331 e. The zero-order valence-corrected chi connectivity index (χ0v) is 23.9. The second-order valence-electron chi connectivity index (χ2n) is 11.5. The molecule has 0 saturated heterocycles. The number of rotatable bonds is 7. The van der Waals surface area contributed by atoms with Crippen LogP contribution in [0.4, 0.5) is 4.39 Å². The Kier molecular flexibility index (Phi) is 7.31. The van der Waals surface area contributed by atoms with Gasteiger partial charge in [0.2, 0.25) is 0 Å². The van der Waals surface area contributed by atoms with Crippen LogP contribution in [0.3, 0.4) is 0 Å². The largest absolute Gasteiger partial charge is 0.427 e. The summed E-state index contributed by atoms with van der Waals surface area (Å²) in [5.41, 5.74) is 3.43. The SMILES string of the molecule is CCc1cc(C(=O)N2CCc3ccccc3C2C)nc2cc(-c3ccc([B]OC(C)(C)C(C)(C)O)cc3F)nn12. The molecule has 0 aliphatic carbocycles. The van der Waals surface area contributed by atoms with Gasteiger partial charge in [0, 0.05) is 23.9 Å². The average Bonchev–Trinajstić information content (AvgIpc) is 3.35. The summed E-state index contributed by atoms with van der Waals surface area (Å²) in [5, 5.41) is 14.9. The number of hydrogen-bond acceptors (Lipinski definition) is 5. The molecule has 0 saturated carbocycles. The van der Waals surface area contributed by atoms with Crippen LogP contribution < -0.4 is 5.46 Å². The summed E-state index contributed by atoms with van der Waals surface area (Å²) in [6.45, 7) is 11.5. The lowest BCUT2D eigenvalue weighted by atomic mass is 9.82. The van der Waals surface area contributed by atoms with E-state index in [4.69, 9.17) is 4.65 Å². The van der Waals surface area contributed by atoms with Crippen molar-refractivity contribution in [1.82, 2.24) is 19.5 Å². The van der Waals surface area contributed by atoms with Crippen molar-refractivity contribution >= 4 is 24.5 Å². The highest BCUT2D eigenvalue weighted by molar-refractivity contribution is 6.47. The maximum Gasteiger partial charge on any atom is 0.331 e. The van der Waals surface area contributed by atoms with E-state index in [1.807, 2.05) is 30.9 Å². The predicted octanol–water partition coefficient (Wildman–Crippen LogP) is 4.67. The second-order valence-corrected chi connectivity index (χ2v) is 11.5. The Morgan fingerprint density at radius 1 is 1.15 bits per heavy atom. The van der Waals surface area contributed by atoms with Crippen molar-refractivity contribution in [3.63, 3.8) is 0 Å². The molecule has 7 nitrogen and oxygen atoms in total. The van der Waals surface area contributed by atoms with Crippen LogP contribution in [0.1, 0.15) is 74.9 Å². The zero-order chi connectivity index (χ0) is 28.8. The van der Waals surface area contributed by atoms with Gasteiger partial charge in [-0.15, -0.1) is 0 Å². The van der Waals surface area contributed by atoms with Gasteiger partial charge in [0.05, 0.1) is 22.9 Å². The molecule has 1 aliphatic rings. The third kappa shape index (κ3) is 5.16. The highest BCUT2D eigenvalue weighted by Gasteiger charge is 2.36. The van der Waals surface area contributed by atoms with E-state index in [1.54, 1.807) is 56.5 Å². The first-order valence-electron chi connectivity index (χ1n) is 13.7. The number of aromatic nitrogens is 3. The van der Waals surface area contributed by atoms with Gasteiger partial charge in [-0.05, 0) is 70.7 Å². The fraction of sp³-hybridized carbons (Fsp3) is 0.387. The Hall–Kier alpha value is -3.56. The Bertz CT molecular complexity index is 1580. The molecule has 5 rings (SSSR count). The van der Waals surface area contributed by atoms with E-state index >= 15 is 4.39 Å². The minimum Gasteiger partial charge on any atom is -0.427 e.